The molecule has 0 fully saturated rings. The number of hydrogen-bond donors (Lipinski definition) is 1. The van der Waals surface area contributed by atoms with E-state index < -0.39 is 5.25 Å². The number of rotatable bonds is 6. The summed E-state index contributed by atoms with van der Waals surface area (Å²) in [5.41, 5.74) is 5.22. The molecule has 2 aromatic heterocycles. The highest BCUT2D eigenvalue weighted by atomic mass is 32.2. The van der Waals surface area contributed by atoms with E-state index in [1.54, 1.807) is 0 Å². The zero-order chi connectivity index (χ0) is 22.0. The van der Waals surface area contributed by atoms with Gasteiger partial charge < -0.3 is 9.73 Å². The van der Waals surface area contributed by atoms with Crippen LogP contribution >= 0.6 is 11.8 Å². The number of carbonyl (C=O) groups is 1. The molecule has 0 spiro atoms. The predicted octanol–water partition coefficient (Wildman–Crippen LogP) is 4.97. The lowest BCUT2D eigenvalue weighted by Gasteiger charge is -2.10. The molecule has 7 nitrogen and oxygen atoms in total. The summed E-state index contributed by atoms with van der Waals surface area (Å²) in [7, 11) is 0. The van der Waals surface area contributed by atoms with Crippen LogP contribution in [0.25, 0.3) is 17.1 Å². The number of hydrogen-bond acceptors (Lipinski definition) is 6. The minimum atomic E-state index is -0.427. The molecule has 0 aliphatic heterocycles. The molecule has 158 valence electrons. The van der Waals surface area contributed by atoms with Crippen molar-refractivity contribution >= 4 is 23.4 Å². The number of amides is 1. The van der Waals surface area contributed by atoms with E-state index in [4.69, 9.17) is 4.42 Å². The van der Waals surface area contributed by atoms with Crippen molar-refractivity contribution in [2.75, 3.05) is 5.32 Å². The molecule has 2 aromatic carbocycles. The highest BCUT2D eigenvalue weighted by Crippen LogP contribution is 2.29. The van der Waals surface area contributed by atoms with Crippen LogP contribution in [0.2, 0.25) is 0 Å². The molecule has 1 amide bonds. The molecule has 0 radical (unpaired) electrons. The quantitative estimate of drug-likeness (QED) is 0.432. The molecule has 0 aliphatic carbocycles. The fourth-order valence-electron chi connectivity index (χ4n) is 3.25. The van der Waals surface area contributed by atoms with Gasteiger partial charge in [0.1, 0.15) is 0 Å². The highest BCUT2D eigenvalue weighted by molar-refractivity contribution is 8.00. The van der Waals surface area contributed by atoms with Crippen LogP contribution in [0, 0.1) is 20.8 Å². The van der Waals surface area contributed by atoms with Gasteiger partial charge in [-0.1, -0.05) is 48.2 Å². The summed E-state index contributed by atoms with van der Waals surface area (Å²) in [4.78, 5) is 12.8. The van der Waals surface area contributed by atoms with Gasteiger partial charge in [0.25, 0.3) is 5.22 Å². The summed E-state index contributed by atoms with van der Waals surface area (Å²) in [5, 5.41) is 15.7. The Morgan fingerprint density at radius 1 is 1.03 bits per heavy atom. The average Bonchev–Trinajstić information content (AvgIpc) is 3.34. The highest BCUT2D eigenvalue weighted by Gasteiger charge is 2.22. The average molecular weight is 434 g/mol. The van der Waals surface area contributed by atoms with Crippen molar-refractivity contribution in [1.82, 2.24) is 20.0 Å². The first-order valence-corrected chi connectivity index (χ1v) is 10.8. The molecule has 1 unspecified atom stereocenters. The van der Waals surface area contributed by atoms with Crippen LogP contribution in [0.4, 0.5) is 5.69 Å². The first kappa shape index (κ1) is 20.9. The Morgan fingerprint density at radius 2 is 1.74 bits per heavy atom. The van der Waals surface area contributed by atoms with Gasteiger partial charge in [0.15, 0.2) is 0 Å². The lowest BCUT2D eigenvalue weighted by Crippen LogP contribution is -2.23. The van der Waals surface area contributed by atoms with E-state index in [0.29, 0.717) is 16.8 Å². The standard InChI is InChI=1S/C23H23N5O2S/c1-14-10-8-9-13-19(14)22-25-26-23(30-22)31-17(4)21(29)24-20-15(2)27-28(16(20)3)18-11-6-5-7-12-18/h5-13,17H,1-4H3,(H,24,29). The van der Waals surface area contributed by atoms with Crippen LogP contribution in [0.5, 0.6) is 0 Å². The van der Waals surface area contributed by atoms with Gasteiger partial charge in [-0.2, -0.15) is 5.10 Å². The molecule has 1 atom stereocenters. The van der Waals surface area contributed by atoms with Crippen molar-refractivity contribution in [2.45, 2.75) is 38.2 Å². The molecule has 1 N–H and O–H groups in total. The SMILES string of the molecule is Cc1ccccc1-c1nnc(SC(C)C(=O)Nc2c(C)nn(-c3ccccc3)c2C)o1. The predicted molar refractivity (Wildman–Crippen MR) is 121 cm³/mol. The van der Waals surface area contributed by atoms with Crippen LogP contribution in [-0.2, 0) is 4.79 Å². The second-order valence-corrected chi connectivity index (χ2v) is 8.52. The van der Waals surface area contributed by atoms with Gasteiger partial charge in [0, 0.05) is 5.56 Å². The fraction of sp³-hybridized carbons (Fsp3) is 0.217. The monoisotopic (exact) mass is 433 g/mol. The number of para-hydroxylation sites is 1. The molecule has 0 aliphatic rings. The van der Waals surface area contributed by atoms with Crippen LogP contribution in [0.15, 0.2) is 64.2 Å². The molecule has 2 heterocycles. The summed E-state index contributed by atoms with van der Waals surface area (Å²) in [6.45, 7) is 7.62. The number of aryl methyl sites for hydroxylation is 2. The van der Waals surface area contributed by atoms with E-state index in [1.807, 2.05) is 87.0 Å². The number of nitrogens with one attached hydrogen (secondary N) is 1. The lowest BCUT2D eigenvalue weighted by atomic mass is 10.1. The third-order valence-electron chi connectivity index (χ3n) is 4.97. The van der Waals surface area contributed by atoms with Crippen molar-refractivity contribution in [3.8, 4) is 17.1 Å². The minimum Gasteiger partial charge on any atom is -0.411 e. The van der Waals surface area contributed by atoms with Crippen LogP contribution in [-0.4, -0.2) is 31.1 Å². The lowest BCUT2D eigenvalue weighted by molar-refractivity contribution is -0.115. The van der Waals surface area contributed by atoms with E-state index in [2.05, 4.69) is 20.6 Å². The van der Waals surface area contributed by atoms with Gasteiger partial charge in [0.2, 0.25) is 11.8 Å². The van der Waals surface area contributed by atoms with Gasteiger partial charge in [0.05, 0.1) is 28.0 Å². The van der Waals surface area contributed by atoms with Crippen molar-refractivity contribution < 1.29 is 9.21 Å². The van der Waals surface area contributed by atoms with E-state index in [1.165, 1.54) is 11.8 Å². The molecule has 0 saturated heterocycles. The number of carbonyl (C=O) groups excluding carboxylic acids is 1. The van der Waals surface area contributed by atoms with Crippen molar-refractivity contribution in [2.24, 2.45) is 0 Å². The smallest absolute Gasteiger partial charge is 0.277 e. The number of nitrogens with zero attached hydrogens (tertiary/aromatic N) is 4. The first-order valence-electron chi connectivity index (χ1n) is 9.92. The van der Waals surface area contributed by atoms with Crippen LogP contribution in [0.3, 0.4) is 0 Å². The van der Waals surface area contributed by atoms with Crippen molar-refractivity contribution in [1.29, 1.82) is 0 Å². The molecular formula is C23H23N5O2S. The Balaban J connectivity index is 1.47. The molecule has 8 heteroatoms. The molecule has 0 bridgehead atoms. The maximum absolute atomic E-state index is 12.8. The van der Waals surface area contributed by atoms with Gasteiger partial charge in [-0.25, -0.2) is 4.68 Å². The van der Waals surface area contributed by atoms with Crippen LogP contribution in [0.1, 0.15) is 23.9 Å². The third-order valence-corrected chi connectivity index (χ3v) is 5.90. The Bertz CT molecular complexity index is 1220. The maximum atomic E-state index is 12.8. The summed E-state index contributed by atoms with van der Waals surface area (Å²) in [6.07, 6.45) is 0. The van der Waals surface area contributed by atoms with Gasteiger partial charge >= 0.3 is 0 Å². The summed E-state index contributed by atoms with van der Waals surface area (Å²) < 4.78 is 7.60. The first-order chi connectivity index (χ1) is 14.9. The fourth-order valence-corrected chi connectivity index (χ4v) is 3.94. The molecule has 31 heavy (non-hydrogen) atoms. The Morgan fingerprint density at radius 3 is 2.48 bits per heavy atom. The van der Waals surface area contributed by atoms with E-state index in [0.717, 1.165) is 28.2 Å². The Hall–Kier alpha value is -3.39. The molecule has 4 rings (SSSR count). The number of aromatic nitrogens is 4. The van der Waals surface area contributed by atoms with Crippen molar-refractivity contribution in [3.05, 3.63) is 71.5 Å². The zero-order valence-electron chi connectivity index (χ0n) is 17.8. The topological polar surface area (TPSA) is 85.8 Å². The summed E-state index contributed by atoms with van der Waals surface area (Å²) >= 11 is 1.23. The summed E-state index contributed by atoms with van der Waals surface area (Å²) in [6, 6.07) is 17.6. The molecule has 0 saturated carbocycles. The van der Waals surface area contributed by atoms with Crippen molar-refractivity contribution in [3.63, 3.8) is 0 Å². The van der Waals surface area contributed by atoms with Gasteiger partial charge in [-0.05, 0) is 51.5 Å². The van der Waals surface area contributed by atoms with E-state index in [-0.39, 0.29) is 5.91 Å². The zero-order valence-corrected chi connectivity index (χ0v) is 18.6. The number of thioether (sulfide) groups is 1. The molecule has 4 aromatic rings. The minimum absolute atomic E-state index is 0.153. The normalized spacial score (nSPS) is 12.0. The second kappa shape index (κ2) is 8.77. The second-order valence-electron chi connectivity index (χ2n) is 7.23. The Kier molecular flexibility index (Phi) is 5.90. The maximum Gasteiger partial charge on any atom is 0.277 e. The largest absolute Gasteiger partial charge is 0.411 e. The summed E-state index contributed by atoms with van der Waals surface area (Å²) in [5.74, 6) is 0.295. The van der Waals surface area contributed by atoms with E-state index in [9.17, 15) is 4.79 Å². The van der Waals surface area contributed by atoms with E-state index >= 15 is 0 Å². The van der Waals surface area contributed by atoms with Gasteiger partial charge in [-0.3, -0.25) is 4.79 Å². The Labute approximate surface area is 184 Å². The van der Waals surface area contributed by atoms with Crippen LogP contribution < -0.4 is 5.32 Å². The number of anilines is 1. The van der Waals surface area contributed by atoms with Gasteiger partial charge in [-0.15, -0.1) is 10.2 Å². The molecular weight excluding hydrogens is 410 g/mol. The number of benzene rings is 2. The third kappa shape index (κ3) is 4.39.